The third-order valence-electron chi connectivity index (χ3n) is 4.96. The summed E-state index contributed by atoms with van der Waals surface area (Å²) in [5.74, 6) is 2.18. The molecule has 1 fully saturated rings. The van der Waals surface area contributed by atoms with Crippen LogP contribution in [0, 0.1) is 0 Å². The summed E-state index contributed by atoms with van der Waals surface area (Å²) in [5, 5.41) is 3.39. The molecule has 0 unspecified atom stereocenters. The average Bonchev–Trinajstić information content (AvgIpc) is 3.13. The highest BCUT2D eigenvalue weighted by atomic mass is 35.5. The maximum Gasteiger partial charge on any atom is 0.280 e. The Kier molecular flexibility index (Phi) is 5.42. The van der Waals surface area contributed by atoms with E-state index in [4.69, 9.17) is 21.1 Å². The van der Waals surface area contributed by atoms with Gasteiger partial charge >= 0.3 is 0 Å². The number of fused-ring (bicyclic) bond motifs is 1. The predicted molar refractivity (Wildman–Crippen MR) is 100 cm³/mol. The second kappa shape index (κ2) is 8.12. The summed E-state index contributed by atoms with van der Waals surface area (Å²) in [6.45, 7) is 5.75. The first-order chi connectivity index (χ1) is 13.2. The number of anilines is 1. The predicted octanol–water partition coefficient (Wildman–Crippen LogP) is -0.614. The first kappa shape index (κ1) is 18.0. The molecule has 1 amide bonds. The number of benzene rings is 1. The minimum Gasteiger partial charge on any atom is -0.454 e. The topological polar surface area (TPSA) is 69.3 Å². The standard InChI is InChI=1S/C19H21ClN4O3/c20-15-2-4-18(21-10-15)22-19(25)12-24-7-5-23(6-8-24)11-14-1-3-16-17(9-14)27-13-26-16/h1-4,9-10H,5-8,11-13H2,(H,21,22,25)/p+2. The minimum atomic E-state index is -0.0148. The molecule has 1 saturated heterocycles. The van der Waals surface area contributed by atoms with Gasteiger partial charge in [-0.05, 0) is 30.3 Å². The van der Waals surface area contributed by atoms with Gasteiger partial charge in [-0.2, -0.15) is 0 Å². The van der Waals surface area contributed by atoms with E-state index in [1.165, 1.54) is 21.6 Å². The number of carbonyl (C=O) groups is 1. The number of pyridine rings is 1. The van der Waals surface area contributed by atoms with Gasteiger partial charge in [0.25, 0.3) is 5.91 Å². The molecule has 0 spiro atoms. The van der Waals surface area contributed by atoms with Gasteiger partial charge in [0.15, 0.2) is 18.0 Å². The van der Waals surface area contributed by atoms with Crippen molar-refractivity contribution in [2.75, 3.05) is 44.8 Å². The van der Waals surface area contributed by atoms with E-state index >= 15 is 0 Å². The molecule has 0 atom stereocenters. The second-order valence-electron chi connectivity index (χ2n) is 6.95. The van der Waals surface area contributed by atoms with E-state index in [2.05, 4.69) is 22.4 Å². The largest absolute Gasteiger partial charge is 0.454 e. The van der Waals surface area contributed by atoms with Crippen LogP contribution in [0.1, 0.15) is 5.56 Å². The molecule has 2 aliphatic heterocycles. The van der Waals surface area contributed by atoms with Gasteiger partial charge in [0, 0.05) is 11.8 Å². The Labute approximate surface area is 162 Å². The number of amides is 1. The normalized spacial score (nSPS) is 21.1. The summed E-state index contributed by atoms with van der Waals surface area (Å²) >= 11 is 5.81. The average molecular weight is 391 g/mol. The van der Waals surface area contributed by atoms with E-state index in [9.17, 15) is 4.79 Å². The quantitative estimate of drug-likeness (QED) is 0.637. The molecule has 4 rings (SSSR count). The lowest BCUT2D eigenvalue weighted by Gasteiger charge is -2.29. The SMILES string of the molecule is O=C(C[NH+]1CC[NH+](Cc2ccc3c(c2)OCO3)CC1)Nc1ccc(Cl)cn1. The third kappa shape index (κ3) is 4.68. The van der Waals surface area contributed by atoms with Crippen LogP contribution in [-0.2, 0) is 11.3 Å². The van der Waals surface area contributed by atoms with E-state index < -0.39 is 0 Å². The molecule has 1 aromatic heterocycles. The van der Waals surface area contributed by atoms with Crippen molar-refractivity contribution in [1.29, 1.82) is 0 Å². The Bertz CT molecular complexity index is 807. The van der Waals surface area contributed by atoms with Crippen molar-refractivity contribution in [3.63, 3.8) is 0 Å². The van der Waals surface area contributed by atoms with Crippen molar-refractivity contribution >= 4 is 23.3 Å². The summed E-state index contributed by atoms with van der Waals surface area (Å²) < 4.78 is 10.8. The van der Waals surface area contributed by atoms with Crippen LogP contribution in [0.5, 0.6) is 11.5 Å². The molecule has 3 heterocycles. The van der Waals surface area contributed by atoms with Gasteiger partial charge < -0.3 is 24.6 Å². The molecule has 27 heavy (non-hydrogen) atoms. The maximum absolute atomic E-state index is 12.2. The van der Waals surface area contributed by atoms with Crippen LogP contribution < -0.4 is 24.6 Å². The first-order valence-electron chi connectivity index (χ1n) is 9.13. The molecule has 2 aromatic rings. The number of ether oxygens (including phenoxy) is 2. The molecule has 142 valence electrons. The molecule has 0 bridgehead atoms. The van der Waals surface area contributed by atoms with Crippen molar-refractivity contribution in [1.82, 2.24) is 4.98 Å². The lowest BCUT2D eigenvalue weighted by molar-refractivity contribution is -1.02. The zero-order valence-electron chi connectivity index (χ0n) is 15.0. The van der Waals surface area contributed by atoms with Gasteiger partial charge in [0.1, 0.15) is 38.5 Å². The Morgan fingerprint density at radius 3 is 2.63 bits per heavy atom. The number of carbonyl (C=O) groups excluding carboxylic acids is 1. The van der Waals surface area contributed by atoms with Gasteiger partial charge in [0.05, 0.1) is 5.02 Å². The van der Waals surface area contributed by atoms with Gasteiger partial charge in [-0.1, -0.05) is 11.6 Å². The zero-order valence-corrected chi connectivity index (χ0v) is 15.7. The van der Waals surface area contributed by atoms with E-state index in [1.54, 1.807) is 12.1 Å². The van der Waals surface area contributed by atoms with Crippen molar-refractivity contribution in [3.05, 3.63) is 47.1 Å². The van der Waals surface area contributed by atoms with Crippen LogP contribution in [0.4, 0.5) is 5.82 Å². The lowest BCUT2D eigenvalue weighted by atomic mass is 10.1. The van der Waals surface area contributed by atoms with E-state index in [1.807, 2.05) is 6.07 Å². The van der Waals surface area contributed by atoms with Crippen LogP contribution >= 0.6 is 11.6 Å². The number of rotatable bonds is 5. The number of nitrogens with zero attached hydrogens (tertiary/aromatic N) is 1. The van der Waals surface area contributed by atoms with Gasteiger partial charge in [-0.25, -0.2) is 4.98 Å². The fourth-order valence-corrected chi connectivity index (χ4v) is 3.63. The van der Waals surface area contributed by atoms with Crippen molar-refractivity contribution < 1.29 is 24.1 Å². The van der Waals surface area contributed by atoms with Gasteiger partial charge in [-0.3, -0.25) is 4.79 Å². The highest BCUT2D eigenvalue weighted by Crippen LogP contribution is 2.32. The number of halogens is 1. The van der Waals surface area contributed by atoms with Crippen LogP contribution in [0.2, 0.25) is 5.02 Å². The number of nitrogens with one attached hydrogen (secondary N) is 3. The summed E-state index contributed by atoms with van der Waals surface area (Å²) in [7, 11) is 0. The Morgan fingerprint density at radius 1 is 1.07 bits per heavy atom. The van der Waals surface area contributed by atoms with Crippen LogP contribution in [0.25, 0.3) is 0 Å². The molecule has 3 N–H and O–H groups in total. The second-order valence-corrected chi connectivity index (χ2v) is 7.39. The smallest absolute Gasteiger partial charge is 0.280 e. The number of aromatic nitrogens is 1. The molecular weight excluding hydrogens is 368 g/mol. The lowest BCUT2D eigenvalue weighted by Crippen LogP contribution is -3.28. The van der Waals surface area contributed by atoms with Crippen molar-refractivity contribution in [2.24, 2.45) is 0 Å². The van der Waals surface area contributed by atoms with Gasteiger partial charge in [-0.15, -0.1) is 0 Å². The number of hydrogen-bond donors (Lipinski definition) is 3. The Balaban J connectivity index is 1.23. The Hall–Kier alpha value is -2.35. The minimum absolute atomic E-state index is 0.0148. The number of piperazine rings is 1. The fraction of sp³-hybridized carbons (Fsp3) is 0.368. The zero-order chi connectivity index (χ0) is 18.6. The van der Waals surface area contributed by atoms with Crippen molar-refractivity contribution in [3.8, 4) is 11.5 Å². The molecule has 1 aromatic carbocycles. The number of quaternary nitrogens is 2. The number of hydrogen-bond acceptors (Lipinski definition) is 4. The summed E-state index contributed by atoms with van der Waals surface area (Å²) in [5.41, 5.74) is 1.25. The Morgan fingerprint density at radius 2 is 1.85 bits per heavy atom. The highest BCUT2D eigenvalue weighted by Gasteiger charge is 2.25. The molecule has 7 nitrogen and oxygen atoms in total. The van der Waals surface area contributed by atoms with Crippen LogP contribution in [0.3, 0.4) is 0 Å². The van der Waals surface area contributed by atoms with Crippen LogP contribution in [0.15, 0.2) is 36.5 Å². The third-order valence-corrected chi connectivity index (χ3v) is 5.18. The molecule has 0 saturated carbocycles. The summed E-state index contributed by atoms with van der Waals surface area (Å²) in [4.78, 5) is 19.1. The maximum atomic E-state index is 12.2. The van der Waals surface area contributed by atoms with Crippen LogP contribution in [-0.4, -0.2) is 50.4 Å². The first-order valence-corrected chi connectivity index (χ1v) is 9.50. The highest BCUT2D eigenvalue weighted by molar-refractivity contribution is 6.30. The monoisotopic (exact) mass is 390 g/mol. The van der Waals surface area contributed by atoms with E-state index in [0.717, 1.165) is 44.2 Å². The molecule has 0 aliphatic carbocycles. The molecule has 0 radical (unpaired) electrons. The summed E-state index contributed by atoms with van der Waals surface area (Å²) in [6, 6.07) is 9.58. The van der Waals surface area contributed by atoms with E-state index in [-0.39, 0.29) is 5.91 Å². The van der Waals surface area contributed by atoms with Crippen molar-refractivity contribution in [2.45, 2.75) is 6.54 Å². The fourth-order valence-electron chi connectivity index (χ4n) is 3.51. The molecule has 2 aliphatic rings. The molecular formula is C19H23ClN4O3+2. The molecule has 8 heteroatoms. The van der Waals surface area contributed by atoms with Gasteiger partial charge in [0.2, 0.25) is 6.79 Å². The van der Waals surface area contributed by atoms with E-state index in [0.29, 0.717) is 24.2 Å². The summed E-state index contributed by atoms with van der Waals surface area (Å²) in [6.07, 6.45) is 1.53.